The Kier molecular flexibility index (Phi) is 5.30. The molecule has 0 unspecified atom stereocenters. The molecular weight excluding hydrogens is 396 g/mol. The molecule has 5 rings (SSSR count). The van der Waals surface area contributed by atoms with Crippen molar-refractivity contribution in [3.8, 4) is 17.1 Å². The Morgan fingerprint density at radius 1 is 0.875 bits per heavy atom. The summed E-state index contributed by atoms with van der Waals surface area (Å²) < 4.78 is 1.69. The minimum absolute atomic E-state index is 0.0737. The van der Waals surface area contributed by atoms with Gasteiger partial charge in [-0.1, -0.05) is 72.8 Å². The van der Waals surface area contributed by atoms with Crippen LogP contribution in [0.15, 0.2) is 95.9 Å². The van der Waals surface area contributed by atoms with Gasteiger partial charge in [-0.2, -0.15) is 0 Å². The summed E-state index contributed by atoms with van der Waals surface area (Å²) in [6.07, 6.45) is 3.01. The summed E-state index contributed by atoms with van der Waals surface area (Å²) in [5.74, 6) is 0.679. The molecule has 2 aliphatic rings. The molecule has 3 aromatic carbocycles. The number of imidazole rings is 1. The average Bonchev–Trinajstić information content (AvgIpc) is 3.16. The minimum atomic E-state index is -0.0737. The lowest BCUT2D eigenvalue weighted by atomic mass is 10.1. The van der Waals surface area contributed by atoms with E-state index in [9.17, 15) is 4.79 Å². The van der Waals surface area contributed by atoms with E-state index < -0.39 is 0 Å². The Balaban J connectivity index is 1.63. The summed E-state index contributed by atoms with van der Waals surface area (Å²) >= 11 is 0. The third-order valence-corrected chi connectivity index (χ3v) is 5.64. The predicted molar refractivity (Wildman–Crippen MR) is 129 cm³/mol. The number of aromatic amines is 1. The van der Waals surface area contributed by atoms with Crippen molar-refractivity contribution < 1.29 is 0 Å². The monoisotopic (exact) mass is 420 g/mol. The highest BCUT2D eigenvalue weighted by molar-refractivity contribution is 5.60. The number of hydrogen-bond acceptors (Lipinski definition) is 3. The van der Waals surface area contributed by atoms with Gasteiger partial charge in [0.15, 0.2) is 5.82 Å². The van der Waals surface area contributed by atoms with Crippen molar-refractivity contribution in [1.29, 1.82) is 0 Å². The van der Waals surface area contributed by atoms with Crippen LogP contribution in [0, 0.1) is 0 Å². The van der Waals surface area contributed by atoms with E-state index >= 15 is 0 Å². The van der Waals surface area contributed by atoms with E-state index in [2.05, 4.69) is 28.5 Å². The third-order valence-electron chi connectivity index (χ3n) is 5.64. The summed E-state index contributed by atoms with van der Waals surface area (Å²) in [7, 11) is 1.89. The highest BCUT2D eigenvalue weighted by Crippen LogP contribution is 2.24. The molecule has 0 aromatic heterocycles. The molecule has 0 radical (unpaired) electrons. The lowest BCUT2D eigenvalue weighted by Crippen LogP contribution is -2.17. The van der Waals surface area contributed by atoms with Crippen molar-refractivity contribution in [1.82, 2.24) is 14.5 Å². The first-order chi connectivity index (χ1) is 15.7. The van der Waals surface area contributed by atoms with Crippen LogP contribution in [-0.4, -0.2) is 21.6 Å². The van der Waals surface area contributed by atoms with Gasteiger partial charge in [0.25, 0.3) is 5.56 Å². The molecule has 0 amide bonds. The molecule has 158 valence electrons. The lowest BCUT2D eigenvalue weighted by molar-refractivity contribution is 0.914. The molecule has 2 N–H and O–H groups in total. The maximum atomic E-state index is 13.3. The Hall–Kier alpha value is -4.12. The molecule has 5 heteroatoms. The number of nitrogens with one attached hydrogen (secondary N) is 2. The zero-order valence-electron chi connectivity index (χ0n) is 17.9. The molecule has 0 fully saturated rings. The zero-order chi connectivity index (χ0) is 21.9. The van der Waals surface area contributed by atoms with E-state index in [0.717, 1.165) is 33.8 Å². The van der Waals surface area contributed by atoms with Gasteiger partial charge in [-0.3, -0.25) is 9.36 Å². The van der Waals surface area contributed by atoms with Crippen LogP contribution < -0.4 is 10.9 Å². The van der Waals surface area contributed by atoms with Gasteiger partial charge in [0.2, 0.25) is 0 Å². The number of rotatable bonds is 6. The number of hydrogen-bond donors (Lipinski definition) is 2. The molecule has 0 saturated heterocycles. The molecule has 0 saturated carbocycles. The second-order valence-corrected chi connectivity index (χ2v) is 7.86. The van der Waals surface area contributed by atoms with Crippen LogP contribution in [0.5, 0.6) is 0 Å². The zero-order valence-corrected chi connectivity index (χ0v) is 17.9. The Morgan fingerprint density at radius 2 is 1.59 bits per heavy atom. The highest BCUT2D eigenvalue weighted by atomic mass is 16.1. The molecule has 32 heavy (non-hydrogen) atoms. The van der Waals surface area contributed by atoms with Gasteiger partial charge in [-0.15, -0.1) is 0 Å². The standard InChI is InChI=1S/C27H24N4O/c1-28-22-14-8-11-20(15-22)17-24-27(32)31-18-25(21-12-6-3-7-13-21)29-23(26(31)30-24)16-19-9-4-2-5-10-19/h2-15,18,28-29H,16-17H2,1H3. The van der Waals surface area contributed by atoms with E-state index in [-0.39, 0.29) is 5.56 Å². The van der Waals surface area contributed by atoms with E-state index in [4.69, 9.17) is 4.98 Å². The van der Waals surface area contributed by atoms with E-state index in [1.807, 2.05) is 80.0 Å². The van der Waals surface area contributed by atoms with Crippen molar-refractivity contribution in [2.24, 2.45) is 0 Å². The fourth-order valence-corrected chi connectivity index (χ4v) is 4.01. The Labute approximate surface area is 186 Å². The Morgan fingerprint density at radius 3 is 2.34 bits per heavy atom. The van der Waals surface area contributed by atoms with Gasteiger partial charge < -0.3 is 10.3 Å². The number of nitrogens with zero attached hydrogens (tertiary/aromatic N) is 2. The maximum absolute atomic E-state index is 13.3. The van der Waals surface area contributed by atoms with E-state index in [1.165, 1.54) is 0 Å². The Bertz CT molecular complexity index is 1370. The molecular formula is C27H24N4O. The average molecular weight is 421 g/mol. The van der Waals surface area contributed by atoms with Crippen molar-refractivity contribution in [2.75, 3.05) is 12.4 Å². The van der Waals surface area contributed by atoms with Crippen molar-refractivity contribution >= 4 is 5.69 Å². The van der Waals surface area contributed by atoms with Gasteiger partial charge in [0, 0.05) is 31.8 Å². The number of aromatic nitrogens is 3. The molecule has 2 aliphatic heterocycles. The van der Waals surface area contributed by atoms with Crippen molar-refractivity contribution in [2.45, 2.75) is 12.8 Å². The molecule has 2 heterocycles. The van der Waals surface area contributed by atoms with Crippen LogP contribution in [0.1, 0.15) is 22.5 Å². The van der Waals surface area contributed by atoms with E-state index in [1.54, 1.807) is 4.57 Å². The molecule has 0 spiro atoms. The first-order valence-electron chi connectivity index (χ1n) is 10.7. The van der Waals surface area contributed by atoms with Crippen molar-refractivity contribution in [3.05, 3.63) is 124 Å². The highest BCUT2D eigenvalue weighted by Gasteiger charge is 2.20. The first kappa shape index (κ1) is 19.8. The van der Waals surface area contributed by atoms with Crippen molar-refractivity contribution in [3.63, 3.8) is 0 Å². The third kappa shape index (κ3) is 3.93. The summed E-state index contributed by atoms with van der Waals surface area (Å²) in [6, 6.07) is 28.4. The van der Waals surface area contributed by atoms with Gasteiger partial charge in [-0.25, -0.2) is 4.98 Å². The van der Waals surface area contributed by atoms with Crippen LogP contribution in [-0.2, 0) is 12.8 Å². The topological polar surface area (TPSA) is 62.7 Å². The number of H-pyrrole nitrogens is 1. The van der Waals surface area contributed by atoms with Crippen LogP contribution in [0.3, 0.4) is 0 Å². The largest absolute Gasteiger partial charge is 0.388 e. The minimum Gasteiger partial charge on any atom is -0.388 e. The summed E-state index contributed by atoms with van der Waals surface area (Å²) in [4.78, 5) is 21.7. The van der Waals surface area contributed by atoms with Crippen LogP contribution >= 0.6 is 0 Å². The quantitative estimate of drug-likeness (QED) is 0.411. The second-order valence-electron chi connectivity index (χ2n) is 7.86. The summed E-state index contributed by atoms with van der Waals surface area (Å²) in [5.41, 5.74) is 6.54. The van der Waals surface area contributed by atoms with Crippen LogP contribution in [0.2, 0.25) is 0 Å². The molecule has 0 aliphatic carbocycles. The molecule has 3 aromatic rings. The van der Waals surface area contributed by atoms with Gasteiger partial charge >= 0.3 is 0 Å². The van der Waals surface area contributed by atoms with E-state index in [0.29, 0.717) is 24.4 Å². The van der Waals surface area contributed by atoms with Gasteiger partial charge in [0.05, 0.1) is 11.4 Å². The number of benzene rings is 3. The predicted octanol–water partition coefficient (Wildman–Crippen LogP) is 4.89. The van der Waals surface area contributed by atoms with Crippen LogP contribution in [0.25, 0.3) is 17.1 Å². The van der Waals surface area contributed by atoms with Crippen LogP contribution in [0.4, 0.5) is 5.69 Å². The molecule has 0 bridgehead atoms. The maximum Gasteiger partial charge on any atom is 0.278 e. The molecule has 5 nitrogen and oxygen atoms in total. The molecule has 0 atom stereocenters. The summed E-state index contributed by atoms with van der Waals surface area (Å²) in [6.45, 7) is 0. The fourth-order valence-electron chi connectivity index (χ4n) is 4.01. The lowest BCUT2D eigenvalue weighted by Gasteiger charge is -2.13. The fraction of sp³-hybridized carbons (Fsp3) is 0.111. The smallest absolute Gasteiger partial charge is 0.278 e. The SMILES string of the molecule is CNc1cccc(Cc2nc3c(Cc4ccccc4)[nH]c(-c4ccccc4)cn-3c2=O)c1. The number of fused-ring (bicyclic) bond motifs is 1. The number of anilines is 1. The normalized spacial score (nSPS) is 11.0. The first-order valence-corrected chi connectivity index (χ1v) is 10.7. The second kappa shape index (κ2) is 8.55. The van der Waals surface area contributed by atoms with Gasteiger partial charge in [0.1, 0.15) is 5.69 Å². The van der Waals surface area contributed by atoms with Gasteiger partial charge in [-0.05, 0) is 28.8 Å². The summed E-state index contributed by atoms with van der Waals surface area (Å²) in [5, 5.41) is 3.15.